The van der Waals surface area contributed by atoms with E-state index in [9.17, 15) is 14.0 Å². The molecule has 0 saturated heterocycles. The first-order valence-corrected chi connectivity index (χ1v) is 10.9. The largest absolute Gasteiger partial charge is 0.312 e. The highest BCUT2D eigenvalue weighted by molar-refractivity contribution is 7.14. The Hall–Kier alpha value is -3.06. The maximum Gasteiger partial charge on any atom is 0.260 e. The molecular formula is C23H20FN3O2S. The van der Waals surface area contributed by atoms with Gasteiger partial charge >= 0.3 is 0 Å². The molecule has 5 rings (SSSR count). The third-order valence-electron chi connectivity index (χ3n) is 5.53. The number of nitrogens with one attached hydrogen (secondary N) is 1. The molecule has 1 saturated carbocycles. The SMILES string of the molecule is O=C(Nc1nc(-c2ccc3c(c2)CCCN3C(=O)C2CC2)cs1)c1ccccc1F. The molecule has 2 aromatic carbocycles. The van der Waals surface area contributed by atoms with Gasteiger partial charge in [-0.15, -0.1) is 11.3 Å². The van der Waals surface area contributed by atoms with E-state index in [4.69, 9.17) is 0 Å². The van der Waals surface area contributed by atoms with Crippen LogP contribution in [0.1, 0.15) is 35.2 Å². The van der Waals surface area contributed by atoms with Crippen LogP contribution in [0.5, 0.6) is 0 Å². The summed E-state index contributed by atoms with van der Waals surface area (Å²) in [6, 6.07) is 11.9. The molecule has 1 aromatic heterocycles. The fraction of sp³-hybridized carbons (Fsp3) is 0.261. The maximum atomic E-state index is 13.8. The van der Waals surface area contributed by atoms with Crippen LogP contribution < -0.4 is 10.2 Å². The van der Waals surface area contributed by atoms with E-state index in [-0.39, 0.29) is 17.4 Å². The van der Waals surface area contributed by atoms with Gasteiger partial charge < -0.3 is 4.90 Å². The van der Waals surface area contributed by atoms with Crippen LogP contribution in [0.15, 0.2) is 47.8 Å². The van der Waals surface area contributed by atoms with Crippen molar-refractivity contribution in [2.75, 3.05) is 16.8 Å². The van der Waals surface area contributed by atoms with E-state index in [1.807, 2.05) is 22.4 Å². The zero-order valence-corrected chi connectivity index (χ0v) is 17.0. The predicted molar refractivity (Wildman–Crippen MR) is 115 cm³/mol. The average molecular weight is 421 g/mol. The molecule has 5 nitrogen and oxygen atoms in total. The summed E-state index contributed by atoms with van der Waals surface area (Å²) in [7, 11) is 0. The molecule has 1 fully saturated rings. The lowest BCUT2D eigenvalue weighted by Crippen LogP contribution is -2.36. The van der Waals surface area contributed by atoms with Crippen LogP contribution >= 0.6 is 11.3 Å². The van der Waals surface area contributed by atoms with Crippen LogP contribution in [0.3, 0.4) is 0 Å². The number of fused-ring (bicyclic) bond motifs is 1. The fourth-order valence-corrected chi connectivity index (χ4v) is 4.52. The Balaban J connectivity index is 1.36. The Morgan fingerprint density at radius 3 is 2.80 bits per heavy atom. The number of thiazole rings is 1. The first-order valence-electron chi connectivity index (χ1n) is 10.1. The number of nitrogens with zero attached hydrogens (tertiary/aromatic N) is 2. The van der Waals surface area contributed by atoms with Gasteiger partial charge in [0, 0.05) is 29.1 Å². The Morgan fingerprint density at radius 1 is 1.17 bits per heavy atom. The van der Waals surface area contributed by atoms with Crippen molar-refractivity contribution >= 4 is 34.0 Å². The van der Waals surface area contributed by atoms with Crippen LogP contribution in [0.4, 0.5) is 15.2 Å². The molecule has 2 heterocycles. The third-order valence-corrected chi connectivity index (χ3v) is 6.29. The zero-order valence-electron chi connectivity index (χ0n) is 16.2. The van der Waals surface area contributed by atoms with Crippen molar-refractivity contribution in [2.24, 2.45) is 5.92 Å². The fourth-order valence-electron chi connectivity index (χ4n) is 3.81. The van der Waals surface area contributed by atoms with E-state index < -0.39 is 11.7 Å². The molecule has 3 aromatic rings. The van der Waals surface area contributed by atoms with Crippen molar-refractivity contribution < 1.29 is 14.0 Å². The molecule has 2 aliphatic rings. The highest BCUT2D eigenvalue weighted by atomic mass is 32.1. The number of amides is 2. The lowest BCUT2D eigenvalue weighted by Gasteiger charge is -2.30. The number of anilines is 2. The molecule has 1 N–H and O–H groups in total. The van der Waals surface area contributed by atoms with E-state index in [2.05, 4.69) is 16.4 Å². The quantitative estimate of drug-likeness (QED) is 0.652. The van der Waals surface area contributed by atoms with Crippen LogP contribution in [-0.2, 0) is 11.2 Å². The molecule has 0 bridgehead atoms. The van der Waals surface area contributed by atoms with Gasteiger partial charge in [0.2, 0.25) is 5.91 Å². The van der Waals surface area contributed by atoms with E-state index >= 15 is 0 Å². The molecule has 0 spiro atoms. The number of rotatable bonds is 4. The normalized spacial score (nSPS) is 15.6. The van der Waals surface area contributed by atoms with Gasteiger partial charge in [0.05, 0.1) is 11.3 Å². The van der Waals surface area contributed by atoms with E-state index in [0.717, 1.165) is 54.7 Å². The van der Waals surface area contributed by atoms with Gasteiger partial charge in [-0.3, -0.25) is 14.9 Å². The minimum Gasteiger partial charge on any atom is -0.312 e. The van der Waals surface area contributed by atoms with E-state index in [1.54, 1.807) is 12.1 Å². The highest BCUT2D eigenvalue weighted by Gasteiger charge is 2.35. The van der Waals surface area contributed by atoms with E-state index in [1.165, 1.54) is 23.5 Å². The predicted octanol–water partition coefficient (Wildman–Crippen LogP) is 4.89. The zero-order chi connectivity index (χ0) is 20.7. The average Bonchev–Trinajstić information content (AvgIpc) is 3.51. The number of carbonyl (C=O) groups excluding carboxylic acids is 2. The summed E-state index contributed by atoms with van der Waals surface area (Å²) >= 11 is 1.30. The minimum absolute atomic E-state index is 0.0107. The highest BCUT2D eigenvalue weighted by Crippen LogP contribution is 2.37. The molecule has 1 aliphatic carbocycles. The summed E-state index contributed by atoms with van der Waals surface area (Å²) in [4.78, 5) is 31.3. The Kier molecular flexibility index (Phi) is 4.83. The van der Waals surface area contributed by atoms with Crippen molar-refractivity contribution in [3.63, 3.8) is 0 Å². The molecule has 0 radical (unpaired) electrons. The van der Waals surface area contributed by atoms with Gasteiger partial charge in [-0.25, -0.2) is 9.37 Å². The summed E-state index contributed by atoms with van der Waals surface area (Å²) < 4.78 is 13.8. The number of aryl methyl sites for hydroxylation is 1. The molecule has 2 amide bonds. The van der Waals surface area contributed by atoms with Crippen molar-refractivity contribution in [3.8, 4) is 11.3 Å². The van der Waals surface area contributed by atoms with Crippen molar-refractivity contribution in [1.82, 2.24) is 4.98 Å². The van der Waals surface area contributed by atoms with Crippen molar-refractivity contribution in [1.29, 1.82) is 0 Å². The first kappa shape index (κ1) is 18.9. The molecule has 152 valence electrons. The van der Waals surface area contributed by atoms with Gasteiger partial charge in [-0.1, -0.05) is 18.2 Å². The number of benzene rings is 2. The molecule has 30 heavy (non-hydrogen) atoms. The Bertz CT molecular complexity index is 1140. The van der Waals surface area contributed by atoms with Crippen molar-refractivity contribution in [3.05, 3.63) is 64.8 Å². The summed E-state index contributed by atoms with van der Waals surface area (Å²) in [5.74, 6) is -0.634. The molecule has 1 aliphatic heterocycles. The first-order chi connectivity index (χ1) is 14.6. The van der Waals surface area contributed by atoms with Gasteiger partial charge in [-0.05, 0) is 55.5 Å². The standard InChI is InChI=1S/C23H20FN3O2S/c24-18-6-2-1-5-17(18)21(28)26-23-25-19(13-30-23)15-9-10-20-16(12-15)4-3-11-27(20)22(29)14-7-8-14/h1-2,5-6,9-10,12-14H,3-4,7-8,11H2,(H,25,26,28). The second kappa shape index (κ2) is 7.65. The van der Waals surface area contributed by atoms with E-state index in [0.29, 0.717) is 5.13 Å². The second-order valence-corrected chi connectivity index (χ2v) is 8.54. The van der Waals surface area contributed by atoms with Crippen molar-refractivity contribution in [2.45, 2.75) is 25.7 Å². The summed E-state index contributed by atoms with van der Waals surface area (Å²) in [6.45, 7) is 0.782. The number of aromatic nitrogens is 1. The maximum absolute atomic E-state index is 13.8. The van der Waals surface area contributed by atoms with Gasteiger partial charge in [0.15, 0.2) is 5.13 Å². The Labute approximate surface area is 177 Å². The number of hydrogen-bond donors (Lipinski definition) is 1. The van der Waals surface area contributed by atoms with Gasteiger partial charge in [0.1, 0.15) is 5.82 Å². The van der Waals surface area contributed by atoms with Crippen LogP contribution in [0, 0.1) is 11.7 Å². The molecule has 7 heteroatoms. The summed E-state index contributed by atoms with van der Waals surface area (Å²) in [5, 5.41) is 4.96. The molecule has 0 unspecified atom stereocenters. The third kappa shape index (κ3) is 3.61. The second-order valence-electron chi connectivity index (χ2n) is 7.68. The lowest BCUT2D eigenvalue weighted by atomic mass is 9.98. The lowest BCUT2D eigenvalue weighted by molar-refractivity contribution is -0.119. The minimum atomic E-state index is -0.563. The summed E-state index contributed by atoms with van der Waals surface area (Å²) in [5.41, 5.74) is 3.83. The number of hydrogen-bond acceptors (Lipinski definition) is 4. The van der Waals surface area contributed by atoms with Gasteiger partial charge in [0.25, 0.3) is 5.91 Å². The smallest absolute Gasteiger partial charge is 0.260 e. The summed E-state index contributed by atoms with van der Waals surface area (Å²) in [6.07, 6.45) is 3.89. The van der Waals surface area contributed by atoms with Crippen LogP contribution in [-0.4, -0.2) is 23.3 Å². The number of halogens is 1. The monoisotopic (exact) mass is 421 g/mol. The topological polar surface area (TPSA) is 62.3 Å². The number of carbonyl (C=O) groups is 2. The molecule has 0 atom stereocenters. The Morgan fingerprint density at radius 2 is 2.00 bits per heavy atom. The van der Waals surface area contributed by atoms with Crippen LogP contribution in [0.2, 0.25) is 0 Å². The van der Waals surface area contributed by atoms with Crippen LogP contribution in [0.25, 0.3) is 11.3 Å². The molecular weight excluding hydrogens is 401 g/mol. The van der Waals surface area contributed by atoms with Gasteiger partial charge in [-0.2, -0.15) is 0 Å².